The minimum atomic E-state index is -0.253. The molecule has 0 amide bonds. The predicted molar refractivity (Wildman–Crippen MR) is 194 cm³/mol. The minimum absolute atomic E-state index is 0.253. The molecule has 0 bridgehead atoms. The number of aromatic nitrogens is 1. The normalized spacial score (nSPS) is 11.6. The van der Waals surface area contributed by atoms with Crippen LogP contribution in [0, 0.1) is 5.82 Å². The van der Waals surface area contributed by atoms with Crippen molar-refractivity contribution < 1.29 is 4.39 Å². The third-order valence-corrected chi connectivity index (χ3v) is 10.1. The van der Waals surface area contributed by atoms with E-state index in [-0.39, 0.29) is 5.82 Å². The standard InChI is InChI=1S/C42H27FN2S/c43-29-19-23-32(24-20-29)44(31-21-17-28(18-22-31)34-13-8-14-37-36-12-5-7-16-41(36)46-42(34)37)33-25-26-40-38(27-33)35-11-4-6-15-39(35)45(40)30-9-2-1-3-10-30/h1-27H. The summed E-state index contributed by atoms with van der Waals surface area (Å²) in [6.07, 6.45) is 0. The van der Waals surface area contributed by atoms with Gasteiger partial charge >= 0.3 is 0 Å². The third kappa shape index (κ3) is 4.30. The van der Waals surface area contributed by atoms with Crippen molar-refractivity contribution in [2.45, 2.75) is 0 Å². The Labute approximate surface area is 269 Å². The number of benzene rings is 7. The number of hydrogen-bond donors (Lipinski definition) is 0. The summed E-state index contributed by atoms with van der Waals surface area (Å²) in [4.78, 5) is 2.21. The van der Waals surface area contributed by atoms with Crippen molar-refractivity contribution >= 4 is 70.4 Å². The van der Waals surface area contributed by atoms with Crippen molar-refractivity contribution in [1.82, 2.24) is 4.57 Å². The van der Waals surface area contributed by atoms with Crippen LogP contribution < -0.4 is 4.90 Å². The largest absolute Gasteiger partial charge is 0.310 e. The molecule has 46 heavy (non-hydrogen) atoms. The lowest BCUT2D eigenvalue weighted by Crippen LogP contribution is -2.10. The Morgan fingerprint density at radius 3 is 1.91 bits per heavy atom. The van der Waals surface area contributed by atoms with Crippen LogP contribution in [0.25, 0.3) is 58.8 Å². The highest BCUT2D eigenvalue weighted by Crippen LogP contribution is 2.42. The first-order valence-corrected chi connectivity index (χ1v) is 16.2. The van der Waals surface area contributed by atoms with Gasteiger partial charge in [0.1, 0.15) is 5.82 Å². The molecule has 0 spiro atoms. The van der Waals surface area contributed by atoms with Crippen molar-refractivity contribution in [3.05, 3.63) is 170 Å². The van der Waals surface area contributed by atoms with Crippen LogP contribution in [-0.4, -0.2) is 4.57 Å². The van der Waals surface area contributed by atoms with Gasteiger partial charge in [-0.3, -0.25) is 0 Å². The van der Waals surface area contributed by atoms with Gasteiger partial charge in [-0.2, -0.15) is 0 Å². The second kappa shape index (κ2) is 10.7. The van der Waals surface area contributed by atoms with E-state index in [4.69, 9.17) is 0 Å². The van der Waals surface area contributed by atoms with Gasteiger partial charge in [0.05, 0.1) is 11.0 Å². The van der Waals surface area contributed by atoms with Crippen LogP contribution in [0.3, 0.4) is 0 Å². The smallest absolute Gasteiger partial charge is 0.123 e. The first kappa shape index (κ1) is 26.7. The summed E-state index contributed by atoms with van der Waals surface area (Å²) < 4.78 is 19.0. The summed E-state index contributed by atoms with van der Waals surface area (Å²) in [6, 6.07) is 56.3. The molecule has 0 unspecified atom stereocenters. The molecule has 2 heterocycles. The average molecular weight is 611 g/mol. The monoisotopic (exact) mass is 610 g/mol. The number of para-hydroxylation sites is 2. The van der Waals surface area contributed by atoms with Crippen LogP contribution in [0.2, 0.25) is 0 Å². The van der Waals surface area contributed by atoms with Crippen LogP contribution >= 0.6 is 11.3 Å². The highest BCUT2D eigenvalue weighted by Gasteiger charge is 2.18. The van der Waals surface area contributed by atoms with E-state index < -0.39 is 0 Å². The Morgan fingerprint density at radius 1 is 0.478 bits per heavy atom. The van der Waals surface area contributed by atoms with E-state index >= 15 is 0 Å². The Hall–Kier alpha value is -5.71. The van der Waals surface area contributed by atoms with Gasteiger partial charge in [0.25, 0.3) is 0 Å². The number of nitrogens with zero attached hydrogens (tertiary/aromatic N) is 2. The molecular formula is C42H27FN2S. The fourth-order valence-electron chi connectivity index (χ4n) is 6.76. The fourth-order valence-corrected chi connectivity index (χ4v) is 8.00. The van der Waals surface area contributed by atoms with Crippen molar-refractivity contribution in [3.63, 3.8) is 0 Å². The molecule has 0 aliphatic rings. The molecule has 9 rings (SSSR count). The maximum Gasteiger partial charge on any atom is 0.123 e. The molecule has 7 aromatic carbocycles. The molecule has 0 radical (unpaired) electrons. The number of fused-ring (bicyclic) bond motifs is 6. The quantitative estimate of drug-likeness (QED) is 0.188. The van der Waals surface area contributed by atoms with Gasteiger partial charge < -0.3 is 9.47 Å². The maximum atomic E-state index is 14.1. The van der Waals surface area contributed by atoms with Gasteiger partial charge in [0.2, 0.25) is 0 Å². The lowest BCUT2D eigenvalue weighted by atomic mass is 10.0. The summed E-state index contributed by atoms with van der Waals surface area (Å²) in [6.45, 7) is 0. The topological polar surface area (TPSA) is 8.17 Å². The molecule has 2 nitrogen and oxygen atoms in total. The Balaban J connectivity index is 1.20. The maximum absolute atomic E-state index is 14.1. The summed E-state index contributed by atoms with van der Waals surface area (Å²) in [5, 5.41) is 4.94. The SMILES string of the molecule is Fc1ccc(N(c2ccc(-c3cccc4c3sc3ccccc34)cc2)c2ccc3c(c2)c2ccccc2n3-c2ccccc2)cc1. The van der Waals surface area contributed by atoms with E-state index in [2.05, 4.69) is 143 Å². The number of thiophene rings is 1. The van der Waals surface area contributed by atoms with E-state index in [0.717, 1.165) is 39.2 Å². The van der Waals surface area contributed by atoms with Crippen molar-refractivity contribution in [1.29, 1.82) is 0 Å². The third-order valence-electron chi connectivity index (χ3n) is 8.85. The van der Waals surface area contributed by atoms with Crippen LogP contribution in [0.1, 0.15) is 0 Å². The van der Waals surface area contributed by atoms with Gasteiger partial charge in [0, 0.05) is 53.7 Å². The summed E-state index contributed by atoms with van der Waals surface area (Å²) in [5.74, 6) is -0.253. The van der Waals surface area contributed by atoms with Crippen molar-refractivity contribution in [2.24, 2.45) is 0 Å². The van der Waals surface area contributed by atoms with Crippen molar-refractivity contribution in [2.75, 3.05) is 4.90 Å². The highest BCUT2D eigenvalue weighted by molar-refractivity contribution is 7.26. The van der Waals surface area contributed by atoms with E-state index in [9.17, 15) is 4.39 Å². The number of halogens is 1. The molecule has 0 aliphatic heterocycles. The summed E-state index contributed by atoms with van der Waals surface area (Å²) >= 11 is 1.84. The second-order valence-corrected chi connectivity index (χ2v) is 12.6. The zero-order valence-corrected chi connectivity index (χ0v) is 25.6. The number of rotatable bonds is 5. The molecule has 218 valence electrons. The van der Waals surface area contributed by atoms with E-state index in [1.165, 1.54) is 48.8 Å². The van der Waals surface area contributed by atoms with Gasteiger partial charge in [-0.25, -0.2) is 4.39 Å². The lowest BCUT2D eigenvalue weighted by molar-refractivity contribution is 0.628. The van der Waals surface area contributed by atoms with Gasteiger partial charge in [-0.05, 0) is 90.0 Å². The molecule has 2 aromatic heterocycles. The van der Waals surface area contributed by atoms with Crippen LogP contribution in [0.5, 0.6) is 0 Å². The Kier molecular flexibility index (Phi) is 6.22. The molecule has 9 aromatic rings. The molecule has 0 aliphatic carbocycles. The number of hydrogen-bond acceptors (Lipinski definition) is 2. The predicted octanol–water partition coefficient (Wildman–Crippen LogP) is 12.4. The lowest BCUT2D eigenvalue weighted by Gasteiger charge is -2.26. The highest BCUT2D eigenvalue weighted by atomic mass is 32.1. The van der Waals surface area contributed by atoms with E-state index in [1.807, 2.05) is 29.5 Å². The molecule has 0 fully saturated rings. The second-order valence-electron chi connectivity index (χ2n) is 11.5. The fraction of sp³-hybridized carbons (Fsp3) is 0. The van der Waals surface area contributed by atoms with Gasteiger partial charge in [-0.1, -0.05) is 84.9 Å². The van der Waals surface area contributed by atoms with E-state index in [1.54, 1.807) is 0 Å². The first-order chi connectivity index (χ1) is 22.7. The van der Waals surface area contributed by atoms with Crippen LogP contribution in [0.15, 0.2) is 164 Å². The van der Waals surface area contributed by atoms with Crippen LogP contribution in [0.4, 0.5) is 21.5 Å². The molecule has 0 N–H and O–H groups in total. The molecule has 0 saturated carbocycles. The molecular weight excluding hydrogens is 584 g/mol. The van der Waals surface area contributed by atoms with Gasteiger partial charge in [-0.15, -0.1) is 11.3 Å². The van der Waals surface area contributed by atoms with Crippen molar-refractivity contribution in [3.8, 4) is 16.8 Å². The first-order valence-electron chi connectivity index (χ1n) is 15.4. The summed E-state index contributed by atoms with van der Waals surface area (Å²) in [7, 11) is 0. The molecule has 4 heteroatoms. The molecule has 0 saturated heterocycles. The zero-order chi connectivity index (χ0) is 30.6. The summed E-state index contributed by atoms with van der Waals surface area (Å²) in [5.41, 5.74) is 8.73. The average Bonchev–Trinajstić information content (AvgIpc) is 3.66. The minimum Gasteiger partial charge on any atom is -0.310 e. The number of anilines is 3. The molecule has 0 atom stereocenters. The van der Waals surface area contributed by atoms with Crippen LogP contribution in [-0.2, 0) is 0 Å². The Morgan fingerprint density at radius 2 is 1.11 bits per heavy atom. The Bertz CT molecular complexity index is 2530. The zero-order valence-electron chi connectivity index (χ0n) is 24.8. The van der Waals surface area contributed by atoms with Gasteiger partial charge in [0.15, 0.2) is 0 Å². The van der Waals surface area contributed by atoms with E-state index in [0.29, 0.717) is 0 Å².